The van der Waals surface area contributed by atoms with Crippen molar-refractivity contribution in [3.63, 3.8) is 0 Å². The van der Waals surface area contributed by atoms with Gasteiger partial charge in [0.15, 0.2) is 6.29 Å². The van der Waals surface area contributed by atoms with Crippen LogP contribution in [-0.2, 0) is 14.3 Å². The Balaban J connectivity index is 5.17. The third-order valence-electron chi connectivity index (χ3n) is 2.97. The van der Waals surface area contributed by atoms with E-state index in [1.54, 1.807) is 6.92 Å². The number of hydrogen-bond acceptors (Lipinski definition) is 3. The second-order valence-electron chi connectivity index (χ2n) is 4.75. The molecule has 0 aromatic carbocycles. The van der Waals surface area contributed by atoms with Crippen LogP contribution in [0.5, 0.6) is 0 Å². The van der Waals surface area contributed by atoms with E-state index in [-0.39, 0.29) is 5.41 Å². The molecule has 0 aliphatic carbocycles. The van der Waals surface area contributed by atoms with Gasteiger partial charge in [-0.2, -0.15) is 0 Å². The lowest BCUT2D eigenvalue weighted by Crippen LogP contribution is -2.49. The van der Waals surface area contributed by atoms with E-state index >= 15 is 0 Å². The Hall–Kier alpha value is -0.120. The number of carbonyl (C=O) groups is 1. The molecule has 4 heteroatoms. The van der Waals surface area contributed by atoms with Gasteiger partial charge in [0.25, 0.3) is 0 Å². The monoisotopic (exact) mass is 236 g/mol. The summed E-state index contributed by atoms with van der Waals surface area (Å²) in [7, 11) is 1.52. The molecule has 0 aromatic rings. The first kappa shape index (κ1) is 14.9. The van der Waals surface area contributed by atoms with Crippen molar-refractivity contribution in [2.45, 2.75) is 40.9 Å². The molecule has 0 radical (unpaired) electrons. The van der Waals surface area contributed by atoms with Gasteiger partial charge in [0, 0.05) is 13.7 Å². The highest BCUT2D eigenvalue weighted by Gasteiger charge is 2.50. The van der Waals surface area contributed by atoms with Gasteiger partial charge < -0.3 is 9.47 Å². The molecule has 0 aliphatic rings. The Labute approximate surface area is 97.1 Å². The fourth-order valence-corrected chi connectivity index (χ4v) is 1.74. The van der Waals surface area contributed by atoms with Crippen molar-refractivity contribution in [3.8, 4) is 0 Å². The highest BCUT2D eigenvalue weighted by molar-refractivity contribution is 6.64. The van der Waals surface area contributed by atoms with E-state index in [2.05, 4.69) is 0 Å². The molecule has 2 atom stereocenters. The minimum Gasteiger partial charge on any atom is -0.355 e. The van der Waals surface area contributed by atoms with Crippen LogP contribution in [0.25, 0.3) is 0 Å². The molecular formula is C11H21ClO3. The zero-order valence-electron chi connectivity index (χ0n) is 10.4. The number of ether oxygens (including phenoxy) is 2. The second-order valence-corrected chi connectivity index (χ2v) is 5.09. The van der Waals surface area contributed by atoms with Crippen molar-refractivity contribution >= 4 is 16.8 Å². The molecule has 0 fully saturated rings. The molecule has 15 heavy (non-hydrogen) atoms. The molecule has 3 nitrogen and oxygen atoms in total. The first-order valence-corrected chi connectivity index (χ1v) is 5.44. The van der Waals surface area contributed by atoms with E-state index in [9.17, 15) is 4.79 Å². The zero-order chi connectivity index (χ0) is 12.3. The quantitative estimate of drug-likeness (QED) is 0.544. The molecule has 90 valence electrons. The highest BCUT2D eigenvalue weighted by Crippen LogP contribution is 2.44. The molecular weight excluding hydrogens is 216 g/mol. The molecule has 0 saturated carbocycles. The van der Waals surface area contributed by atoms with Crippen molar-refractivity contribution < 1.29 is 14.3 Å². The summed E-state index contributed by atoms with van der Waals surface area (Å²) in [6, 6.07) is 0. The van der Waals surface area contributed by atoms with Crippen molar-refractivity contribution in [1.82, 2.24) is 0 Å². The average Bonchev–Trinajstić information content (AvgIpc) is 2.10. The van der Waals surface area contributed by atoms with E-state index in [0.717, 1.165) is 0 Å². The standard InChI is InChI=1S/C11H21ClO3/c1-7-15-9(14-6)11(5,8(12)13)10(2,3)4/h9H,7H2,1-6H3. The summed E-state index contributed by atoms with van der Waals surface area (Å²) in [6.07, 6.45) is -0.618. The summed E-state index contributed by atoms with van der Waals surface area (Å²) in [5.74, 6) is 0. The van der Waals surface area contributed by atoms with Gasteiger partial charge in [0.2, 0.25) is 5.24 Å². The lowest BCUT2D eigenvalue weighted by molar-refractivity contribution is -0.209. The van der Waals surface area contributed by atoms with E-state index in [1.807, 2.05) is 27.7 Å². The van der Waals surface area contributed by atoms with Crippen molar-refractivity contribution in [1.29, 1.82) is 0 Å². The molecule has 0 bridgehead atoms. The topological polar surface area (TPSA) is 35.5 Å². The molecule has 2 unspecified atom stereocenters. The fourth-order valence-electron chi connectivity index (χ4n) is 1.36. The van der Waals surface area contributed by atoms with Gasteiger partial charge in [0.1, 0.15) is 0 Å². The minimum absolute atomic E-state index is 0.332. The van der Waals surface area contributed by atoms with E-state index in [4.69, 9.17) is 21.1 Å². The third-order valence-corrected chi connectivity index (χ3v) is 3.36. The summed E-state index contributed by atoms with van der Waals surface area (Å²) in [4.78, 5) is 11.6. The van der Waals surface area contributed by atoms with E-state index in [0.29, 0.717) is 6.61 Å². The molecule has 0 aliphatic heterocycles. The first-order valence-electron chi connectivity index (χ1n) is 5.06. The minimum atomic E-state index is -0.862. The predicted octanol–water partition coefficient (Wildman–Crippen LogP) is 2.81. The Morgan fingerprint density at radius 3 is 2.00 bits per heavy atom. The summed E-state index contributed by atoms with van der Waals surface area (Å²) in [6.45, 7) is 9.93. The number of methoxy groups -OCH3 is 1. The summed E-state index contributed by atoms with van der Waals surface area (Å²) in [5, 5.41) is -0.435. The summed E-state index contributed by atoms with van der Waals surface area (Å²) < 4.78 is 10.6. The van der Waals surface area contributed by atoms with E-state index < -0.39 is 16.9 Å². The molecule has 0 saturated heterocycles. The van der Waals surface area contributed by atoms with Crippen molar-refractivity contribution in [2.24, 2.45) is 10.8 Å². The van der Waals surface area contributed by atoms with Gasteiger partial charge >= 0.3 is 0 Å². The Kier molecular flexibility index (Phi) is 5.24. The number of hydrogen-bond donors (Lipinski definition) is 0. The maximum Gasteiger partial charge on any atom is 0.233 e. The average molecular weight is 237 g/mol. The molecule has 0 aromatic heterocycles. The maximum absolute atomic E-state index is 11.6. The largest absolute Gasteiger partial charge is 0.355 e. The fraction of sp³-hybridized carbons (Fsp3) is 0.909. The van der Waals surface area contributed by atoms with Crippen molar-refractivity contribution in [2.75, 3.05) is 13.7 Å². The van der Waals surface area contributed by atoms with Gasteiger partial charge in [-0.1, -0.05) is 20.8 Å². The number of rotatable bonds is 5. The van der Waals surface area contributed by atoms with Crippen LogP contribution in [0.15, 0.2) is 0 Å². The van der Waals surface area contributed by atoms with Crippen LogP contribution in [0.4, 0.5) is 0 Å². The smallest absolute Gasteiger partial charge is 0.233 e. The van der Waals surface area contributed by atoms with Crippen LogP contribution >= 0.6 is 11.6 Å². The molecule has 0 amide bonds. The molecule has 0 rings (SSSR count). The highest BCUT2D eigenvalue weighted by atomic mass is 35.5. The van der Waals surface area contributed by atoms with Gasteiger partial charge in [-0.25, -0.2) is 0 Å². The first-order chi connectivity index (χ1) is 6.71. The second kappa shape index (κ2) is 5.28. The third kappa shape index (κ3) is 2.92. The van der Waals surface area contributed by atoms with E-state index in [1.165, 1.54) is 7.11 Å². The van der Waals surface area contributed by atoms with Gasteiger partial charge in [-0.3, -0.25) is 4.79 Å². The Morgan fingerprint density at radius 2 is 1.80 bits per heavy atom. The van der Waals surface area contributed by atoms with Crippen LogP contribution in [0.3, 0.4) is 0 Å². The van der Waals surface area contributed by atoms with Crippen LogP contribution in [-0.4, -0.2) is 25.2 Å². The molecule has 0 spiro atoms. The number of carbonyl (C=O) groups excluding carboxylic acids is 1. The predicted molar refractivity (Wildman–Crippen MR) is 60.8 cm³/mol. The van der Waals surface area contributed by atoms with Crippen LogP contribution in [0.2, 0.25) is 0 Å². The molecule has 0 N–H and O–H groups in total. The Morgan fingerprint density at radius 1 is 1.33 bits per heavy atom. The van der Waals surface area contributed by atoms with Gasteiger partial charge in [-0.05, 0) is 30.9 Å². The SMILES string of the molecule is CCOC(OC)C(C)(C(=O)Cl)C(C)(C)C. The lowest BCUT2D eigenvalue weighted by Gasteiger charge is -2.43. The lowest BCUT2D eigenvalue weighted by atomic mass is 9.68. The van der Waals surface area contributed by atoms with Crippen molar-refractivity contribution in [3.05, 3.63) is 0 Å². The Bertz CT molecular complexity index is 222. The van der Waals surface area contributed by atoms with Gasteiger partial charge in [0.05, 0.1) is 5.41 Å². The zero-order valence-corrected chi connectivity index (χ0v) is 11.1. The van der Waals surface area contributed by atoms with Crippen LogP contribution < -0.4 is 0 Å². The van der Waals surface area contributed by atoms with Crippen LogP contribution in [0.1, 0.15) is 34.6 Å². The summed E-state index contributed by atoms with van der Waals surface area (Å²) in [5.41, 5.74) is -1.19. The summed E-state index contributed by atoms with van der Waals surface area (Å²) >= 11 is 5.68. The van der Waals surface area contributed by atoms with Gasteiger partial charge in [-0.15, -0.1) is 0 Å². The number of halogens is 1. The van der Waals surface area contributed by atoms with Crippen LogP contribution in [0, 0.1) is 10.8 Å². The molecule has 0 heterocycles. The normalized spacial score (nSPS) is 18.3. The maximum atomic E-state index is 11.6.